The van der Waals surface area contributed by atoms with Gasteiger partial charge >= 0.3 is 0 Å². The van der Waals surface area contributed by atoms with Gasteiger partial charge in [-0.1, -0.05) is 30.3 Å². The van der Waals surface area contributed by atoms with Crippen molar-refractivity contribution < 1.29 is 19.1 Å². The van der Waals surface area contributed by atoms with E-state index in [1.807, 2.05) is 30.3 Å². The van der Waals surface area contributed by atoms with Crippen molar-refractivity contribution in [3.05, 3.63) is 53.6 Å². The predicted octanol–water partition coefficient (Wildman–Crippen LogP) is 3.08. The summed E-state index contributed by atoms with van der Waals surface area (Å²) in [5, 5.41) is 2.69. The number of carbonyl (C=O) groups is 2. The zero-order valence-corrected chi connectivity index (χ0v) is 17.8. The molecule has 0 aliphatic heterocycles. The van der Waals surface area contributed by atoms with Gasteiger partial charge in [-0.15, -0.1) is 12.4 Å². The van der Waals surface area contributed by atoms with Crippen LogP contribution in [0.15, 0.2) is 42.5 Å². The highest BCUT2D eigenvalue weighted by molar-refractivity contribution is 5.99. The molecule has 2 rings (SSSR count). The molecule has 2 aromatic rings. The van der Waals surface area contributed by atoms with Gasteiger partial charge in [0.25, 0.3) is 5.91 Å². The highest BCUT2D eigenvalue weighted by atomic mass is 35.5. The van der Waals surface area contributed by atoms with Crippen LogP contribution < -0.4 is 20.5 Å². The number of methoxy groups -OCH3 is 2. The first-order valence-corrected chi connectivity index (χ1v) is 9.07. The molecule has 3 N–H and O–H groups in total. The normalized spacial score (nSPS) is 9.93. The molecule has 0 unspecified atom stereocenters. The molecular formula is C21H28ClN3O4. The lowest BCUT2D eigenvalue weighted by Gasteiger charge is -2.24. The molecule has 0 spiro atoms. The molecule has 0 aromatic heterocycles. The summed E-state index contributed by atoms with van der Waals surface area (Å²) < 4.78 is 10.7. The first kappa shape index (κ1) is 24.3. The molecule has 0 bridgehead atoms. The molecular weight excluding hydrogens is 394 g/mol. The van der Waals surface area contributed by atoms with Crippen molar-refractivity contribution in [2.24, 2.45) is 5.73 Å². The number of nitrogens with zero attached hydrogens (tertiary/aromatic N) is 1. The molecule has 0 heterocycles. The Kier molecular flexibility index (Phi) is 9.99. The van der Waals surface area contributed by atoms with E-state index >= 15 is 0 Å². The maximum Gasteiger partial charge on any atom is 0.254 e. The van der Waals surface area contributed by atoms with Gasteiger partial charge in [-0.3, -0.25) is 9.59 Å². The molecule has 0 fully saturated rings. The summed E-state index contributed by atoms with van der Waals surface area (Å²) in [5.41, 5.74) is 7.46. The Bertz CT molecular complexity index is 815. The fourth-order valence-electron chi connectivity index (χ4n) is 2.89. The summed E-state index contributed by atoms with van der Waals surface area (Å²) in [5.74, 6) is 0.292. The van der Waals surface area contributed by atoms with Crippen molar-refractivity contribution in [2.75, 3.05) is 32.6 Å². The summed E-state index contributed by atoms with van der Waals surface area (Å²) in [7, 11) is 2.97. The molecule has 0 atom stereocenters. The number of rotatable bonds is 9. The second-order valence-electron chi connectivity index (χ2n) is 6.30. The lowest BCUT2D eigenvalue weighted by molar-refractivity contribution is -0.114. The van der Waals surface area contributed by atoms with E-state index in [-0.39, 0.29) is 24.2 Å². The van der Waals surface area contributed by atoms with Crippen molar-refractivity contribution in [3.63, 3.8) is 0 Å². The van der Waals surface area contributed by atoms with E-state index in [1.165, 1.54) is 21.1 Å². The average molecular weight is 422 g/mol. The summed E-state index contributed by atoms with van der Waals surface area (Å²) in [6, 6.07) is 13.0. The van der Waals surface area contributed by atoms with Crippen molar-refractivity contribution in [1.29, 1.82) is 0 Å². The number of hydrogen-bond acceptors (Lipinski definition) is 5. The highest BCUT2D eigenvalue weighted by Crippen LogP contribution is 2.37. The maximum absolute atomic E-state index is 13.2. The molecule has 0 aliphatic carbocycles. The fourth-order valence-corrected chi connectivity index (χ4v) is 2.89. The van der Waals surface area contributed by atoms with Crippen LogP contribution in [0.25, 0.3) is 0 Å². The van der Waals surface area contributed by atoms with Crippen molar-refractivity contribution in [2.45, 2.75) is 19.9 Å². The van der Waals surface area contributed by atoms with Crippen LogP contribution in [0.1, 0.15) is 29.3 Å². The number of amides is 2. The lowest BCUT2D eigenvalue weighted by Crippen LogP contribution is -2.32. The minimum atomic E-state index is -0.269. The smallest absolute Gasteiger partial charge is 0.254 e. The Labute approximate surface area is 177 Å². The molecule has 0 aliphatic rings. The molecule has 158 valence electrons. The Balaban J connectivity index is 0.00000420. The van der Waals surface area contributed by atoms with Gasteiger partial charge in [-0.05, 0) is 30.7 Å². The van der Waals surface area contributed by atoms with Crippen molar-refractivity contribution >= 4 is 29.9 Å². The molecule has 0 saturated carbocycles. The van der Waals surface area contributed by atoms with E-state index in [0.717, 1.165) is 5.56 Å². The molecule has 8 heteroatoms. The summed E-state index contributed by atoms with van der Waals surface area (Å²) in [6.45, 7) is 2.86. The van der Waals surface area contributed by atoms with Crippen LogP contribution in [0.5, 0.6) is 11.5 Å². The number of carbonyl (C=O) groups excluding carboxylic acids is 2. The Hall–Kier alpha value is -2.77. The van der Waals surface area contributed by atoms with E-state index < -0.39 is 0 Å². The number of benzene rings is 2. The third-order valence-corrected chi connectivity index (χ3v) is 4.17. The van der Waals surface area contributed by atoms with E-state index in [0.29, 0.717) is 48.8 Å². The van der Waals surface area contributed by atoms with Gasteiger partial charge in [0.2, 0.25) is 5.91 Å². The van der Waals surface area contributed by atoms with Gasteiger partial charge in [-0.2, -0.15) is 0 Å². The van der Waals surface area contributed by atoms with Crippen LogP contribution >= 0.6 is 12.4 Å². The van der Waals surface area contributed by atoms with E-state index in [2.05, 4.69) is 5.32 Å². The number of hydrogen-bond donors (Lipinski definition) is 2. The highest BCUT2D eigenvalue weighted by Gasteiger charge is 2.21. The van der Waals surface area contributed by atoms with Gasteiger partial charge in [0.15, 0.2) is 11.5 Å². The molecule has 0 saturated heterocycles. The Morgan fingerprint density at radius 3 is 2.34 bits per heavy atom. The first-order chi connectivity index (χ1) is 13.5. The summed E-state index contributed by atoms with van der Waals surface area (Å²) in [4.78, 5) is 26.5. The van der Waals surface area contributed by atoms with Crippen LogP contribution in [0.2, 0.25) is 0 Å². The first-order valence-electron chi connectivity index (χ1n) is 9.07. The molecule has 7 nitrogen and oxygen atoms in total. The third kappa shape index (κ3) is 6.66. The largest absolute Gasteiger partial charge is 0.493 e. The zero-order valence-electron chi connectivity index (χ0n) is 16.9. The maximum atomic E-state index is 13.2. The summed E-state index contributed by atoms with van der Waals surface area (Å²) >= 11 is 0. The zero-order chi connectivity index (χ0) is 20.5. The van der Waals surface area contributed by atoms with Gasteiger partial charge in [0, 0.05) is 25.6 Å². The van der Waals surface area contributed by atoms with Gasteiger partial charge in [0.1, 0.15) is 0 Å². The quantitative estimate of drug-likeness (QED) is 0.648. The Morgan fingerprint density at radius 1 is 1.10 bits per heavy atom. The SMILES string of the molecule is COc1cc(C(=O)N(CCCN)Cc2ccccc2)cc(NC(C)=O)c1OC.Cl. The minimum absolute atomic E-state index is 0. The molecule has 2 aromatic carbocycles. The van der Waals surface area contributed by atoms with Gasteiger partial charge in [0.05, 0.1) is 19.9 Å². The van der Waals surface area contributed by atoms with Gasteiger partial charge < -0.3 is 25.4 Å². The van der Waals surface area contributed by atoms with Crippen molar-refractivity contribution in [3.8, 4) is 11.5 Å². The second kappa shape index (κ2) is 11.9. The second-order valence-corrected chi connectivity index (χ2v) is 6.30. The monoisotopic (exact) mass is 421 g/mol. The molecule has 29 heavy (non-hydrogen) atoms. The van der Waals surface area contributed by atoms with Crippen LogP contribution in [0.4, 0.5) is 5.69 Å². The van der Waals surface area contributed by atoms with Gasteiger partial charge in [-0.25, -0.2) is 0 Å². The standard InChI is InChI=1S/C21H27N3O4.ClH/c1-15(25)23-18-12-17(13-19(27-2)20(18)28-3)21(26)24(11-7-10-22)14-16-8-5-4-6-9-16;/h4-6,8-9,12-13H,7,10-11,14,22H2,1-3H3,(H,23,25);1H. The fraction of sp³-hybridized carbons (Fsp3) is 0.333. The summed E-state index contributed by atoms with van der Waals surface area (Å²) in [6.07, 6.45) is 0.685. The van der Waals surface area contributed by atoms with Crippen LogP contribution in [0, 0.1) is 0 Å². The van der Waals surface area contributed by atoms with Crippen LogP contribution in [0.3, 0.4) is 0 Å². The van der Waals surface area contributed by atoms with Crippen LogP contribution in [-0.2, 0) is 11.3 Å². The number of anilines is 1. The predicted molar refractivity (Wildman–Crippen MR) is 116 cm³/mol. The average Bonchev–Trinajstić information content (AvgIpc) is 2.70. The lowest BCUT2D eigenvalue weighted by atomic mass is 10.1. The number of halogens is 1. The van der Waals surface area contributed by atoms with Crippen LogP contribution in [-0.4, -0.2) is 44.0 Å². The Morgan fingerprint density at radius 2 is 1.79 bits per heavy atom. The van der Waals surface area contributed by atoms with Crippen molar-refractivity contribution in [1.82, 2.24) is 4.90 Å². The molecule has 0 radical (unpaired) electrons. The number of nitrogens with two attached hydrogens (primary N) is 1. The molecule has 2 amide bonds. The number of nitrogens with one attached hydrogen (secondary N) is 1. The van der Waals surface area contributed by atoms with E-state index in [1.54, 1.807) is 17.0 Å². The number of ether oxygens (including phenoxy) is 2. The topological polar surface area (TPSA) is 93.9 Å². The minimum Gasteiger partial charge on any atom is -0.493 e. The third-order valence-electron chi connectivity index (χ3n) is 4.17. The van der Waals surface area contributed by atoms with E-state index in [9.17, 15) is 9.59 Å². The van der Waals surface area contributed by atoms with E-state index in [4.69, 9.17) is 15.2 Å².